The van der Waals surface area contributed by atoms with Gasteiger partial charge >= 0.3 is 6.03 Å². The van der Waals surface area contributed by atoms with Crippen LogP contribution in [0.3, 0.4) is 0 Å². The van der Waals surface area contributed by atoms with Gasteiger partial charge in [-0.2, -0.15) is 4.31 Å². The lowest BCUT2D eigenvalue weighted by Gasteiger charge is -2.34. The van der Waals surface area contributed by atoms with Crippen LogP contribution in [0.25, 0.3) is 0 Å². The van der Waals surface area contributed by atoms with E-state index in [1.165, 1.54) is 53.7 Å². The number of benzene rings is 2. The molecule has 0 aliphatic heterocycles. The number of nitrogens with zero attached hydrogens (tertiary/aromatic N) is 2. The first-order valence-corrected chi connectivity index (χ1v) is 12.0. The minimum Gasteiger partial charge on any atom is -0.394 e. The lowest BCUT2D eigenvalue weighted by molar-refractivity contribution is 0.0305. The maximum atomic E-state index is 14.0. The summed E-state index contributed by atoms with van der Waals surface area (Å²) in [4.78, 5) is 14.4. The number of amides is 2. The molecule has 8 nitrogen and oxygen atoms in total. The van der Waals surface area contributed by atoms with Gasteiger partial charge in [-0.25, -0.2) is 17.6 Å². The summed E-state index contributed by atoms with van der Waals surface area (Å²) >= 11 is 0. The number of para-hydroxylation sites is 1. The first kappa shape index (κ1) is 26.7. The molecular formula is C23H32FN3O5S. The highest BCUT2D eigenvalue weighted by Crippen LogP contribution is 2.19. The highest BCUT2D eigenvalue weighted by Gasteiger charge is 2.30. The van der Waals surface area contributed by atoms with Crippen molar-refractivity contribution in [1.29, 1.82) is 0 Å². The summed E-state index contributed by atoms with van der Waals surface area (Å²) < 4.78 is 46.5. The molecular weight excluding hydrogens is 449 g/mol. The molecule has 0 bridgehead atoms. The van der Waals surface area contributed by atoms with Gasteiger partial charge in [0, 0.05) is 33.2 Å². The number of methoxy groups -OCH3 is 1. The molecule has 2 aromatic rings. The lowest BCUT2D eigenvalue weighted by Crippen LogP contribution is -2.49. The van der Waals surface area contributed by atoms with Crippen molar-refractivity contribution in [3.05, 3.63) is 60.4 Å². The molecule has 3 atom stereocenters. The number of hydrogen-bond donors (Lipinski definition) is 2. The fourth-order valence-electron chi connectivity index (χ4n) is 3.35. The lowest BCUT2D eigenvalue weighted by atomic mass is 10.0. The fraction of sp³-hybridized carbons (Fsp3) is 0.435. The van der Waals surface area contributed by atoms with E-state index in [-0.39, 0.29) is 36.2 Å². The Balaban J connectivity index is 2.13. The summed E-state index contributed by atoms with van der Waals surface area (Å²) in [6.45, 7) is 3.41. The maximum Gasteiger partial charge on any atom is 0.322 e. The molecule has 2 N–H and O–H groups in total. The number of sulfonamides is 1. The third kappa shape index (κ3) is 6.97. The Labute approximate surface area is 195 Å². The van der Waals surface area contributed by atoms with Crippen LogP contribution in [-0.2, 0) is 14.8 Å². The van der Waals surface area contributed by atoms with Gasteiger partial charge < -0.3 is 20.1 Å². The molecule has 0 saturated heterocycles. The molecule has 2 aromatic carbocycles. The Bertz CT molecular complexity index is 1010. The van der Waals surface area contributed by atoms with Gasteiger partial charge in [0.25, 0.3) is 0 Å². The SMILES string of the molecule is CO[C@H](CN(C)S(=O)(=O)c1ccccc1)[C@@H](C)CN(C(=O)Nc1ccccc1F)[C@H](C)CO. The number of urea groups is 1. The van der Waals surface area contributed by atoms with Crippen LogP contribution in [0.2, 0.25) is 0 Å². The van der Waals surface area contributed by atoms with Crippen LogP contribution in [0, 0.1) is 11.7 Å². The molecule has 10 heteroatoms. The number of anilines is 1. The Morgan fingerprint density at radius 2 is 1.70 bits per heavy atom. The van der Waals surface area contributed by atoms with Gasteiger partial charge in [0.2, 0.25) is 10.0 Å². The van der Waals surface area contributed by atoms with Crippen molar-refractivity contribution in [3.63, 3.8) is 0 Å². The zero-order chi connectivity index (χ0) is 24.6. The predicted molar refractivity (Wildman–Crippen MR) is 125 cm³/mol. The Hall–Kier alpha value is -2.53. The average Bonchev–Trinajstić information content (AvgIpc) is 2.81. The van der Waals surface area contributed by atoms with Gasteiger partial charge in [0.1, 0.15) is 5.82 Å². The molecule has 0 unspecified atom stereocenters. The van der Waals surface area contributed by atoms with Crippen molar-refractivity contribution in [2.75, 3.05) is 39.2 Å². The van der Waals surface area contributed by atoms with Crippen molar-refractivity contribution >= 4 is 21.7 Å². The summed E-state index contributed by atoms with van der Waals surface area (Å²) in [5.74, 6) is -0.873. The third-order valence-electron chi connectivity index (χ3n) is 5.48. The van der Waals surface area contributed by atoms with Crippen molar-refractivity contribution < 1.29 is 27.4 Å². The summed E-state index contributed by atoms with van der Waals surface area (Å²) in [5, 5.41) is 12.2. The van der Waals surface area contributed by atoms with Crippen molar-refractivity contribution in [3.8, 4) is 0 Å². The van der Waals surface area contributed by atoms with Crippen LogP contribution in [-0.4, -0.2) is 74.8 Å². The fourth-order valence-corrected chi connectivity index (χ4v) is 4.55. The van der Waals surface area contributed by atoms with E-state index >= 15 is 0 Å². The first-order valence-electron chi connectivity index (χ1n) is 10.6. The number of nitrogens with one attached hydrogen (secondary N) is 1. The highest BCUT2D eigenvalue weighted by molar-refractivity contribution is 7.89. The molecule has 33 heavy (non-hydrogen) atoms. The Morgan fingerprint density at radius 1 is 1.09 bits per heavy atom. The smallest absolute Gasteiger partial charge is 0.322 e. The van der Waals surface area contributed by atoms with E-state index in [0.29, 0.717) is 0 Å². The van der Waals surface area contributed by atoms with Gasteiger partial charge in [-0.05, 0) is 31.2 Å². The molecule has 0 aromatic heterocycles. The molecule has 0 aliphatic rings. The van der Waals surface area contributed by atoms with Crippen LogP contribution in [0.15, 0.2) is 59.5 Å². The molecule has 0 fully saturated rings. The van der Waals surface area contributed by atoms with Gasteiger partial charge in [-0.1, -0.05) is 37.3 Å². The van der Waals surface area contributed by atoms with Gasteiger partial charge in [0.05, 0.1) is 29.3 Å². The summed E-state index contributed by atoms with van der Waals surface area (Å²) in [5.41, 5.74) is 0.0299. The normalized spacial score (nSPS) is 14.5. The van der Waals surface area contributed by atoms with Gasteiger partial charge in [-0.15, -0.1) is 0 Å². The molecule has 0 saturated carbocycles. The number of hydrogen-bond acceptors (Lipinski definition) is 5. The number of rotatable bonds is 11. The van der Waals surface area contributed by atoms with Crippen LogP contribution in [0.5, 0.6) is 0 Å². The van der Waals surface area contributed by atoms with Gasteiger partial charge in [0.15, 0.2) is 0 Å². The topological polar surface area (TPSA) is 99.2 Å². The van der Waals surface area contributed by atoms with E-state index in [4.69, 9.17) is 4.74 Å². The standard InChI is InChI=1S/C23H32FN3O5S/c1-17(22(32-4)15-26(3)33(30,31)19-10-6-5-7-11-19)14-27(18(2)16-28)23(29)25-21-13-9-8-12-20(21)24/h5-13,17-18,22,28H,14-16H2,1-4H3,(H,25,29)/t17-,18+,22+/m0/s1. The van der Waals surface area contributed by atoms with E-state index in [0.717, 1.165) is 0 Å². The second kappa shape index (κ2) is 12.1. The molecule has 0 heterocycles. The molecule has 0 aliphatic carbocycles. The molecule has 182 valence electrons. The zero-order valence-electron chi connectivity index (χ0n) is 19.3. The number of aliphatic hydroxyl groups excluding tert-OH is 1. The minimum atomic E-state index is -3.71. The number of halogens is 1. The van der Waals surface area contributed by atoms with Crippen molar-refractivity contribution in [1.82, 2.24) is 9.21 Å². The van der Waals surface area contributed by atoms with E-state index in [2.05, 4.69) is 5.32 Å². The van der Waals surface area contributed by atoms with E-state index in [1.807, 2.05) is 6.92 Å². The maximum absolute atomic E-state index is 14.0. The van der Waals surface area contributed by atoms with Crippen LogP contribution >= 0.6 is 0 Å². The average molecular weight is 482 g/mol. The number of carbonyl (C=O) groups is 1. The van der Waals surface area contributed by atoms with Gasteiger partial charge in [-0.3, -0.25) is 0 Å². The number of ether oxygens (including phenoxy) is 1. The summed E-state index contributed by atoms with van der Waals surface area (Å²) in [6.07, 6.45) is -0.539. The third-order valence-corrected chi connectivity index (χ3v) is 7.32. The Kier molecular flexibility index (Phi) is 9.78. The van der Waals surface area contributed by atoms with Crippen LogP contribution in [0.1, 0.15) is 13.8 Å². The molecule has 0 radical (unpaired) electrons. The number of carbonyl (C=O) groups excluding carboxylic acids is 1. The van der Waals surface area contributed by atoms with Crippen molar-refractivity contribution in [2.24, 2.45) is 5.92 Å². The van der Waals surface area contributed by atoms with Crippen molar-refractivity contribution in [2.45, 2.75) is 30.9 Å². The molecule has 0 spiro atoms. The Morgan fingerprint density at radius 3 is 2.27 bits per heavy atom. The zero-order valence-corrected chi connectivity index (χ0v) is 20.1. The number of likely N-dealkylation sites (N-methyl/N-ethyl adjacent to an activating group) is 1. The van der Waals surface area contributed by atoms with E-state index < -0.39 is 34.0 Å². The van der Waals surface area contributed by atoms with Crippen LogP contribution in [0.4, 0.5) is 14.9 Å². The molecule has 2 amide bonds. The second-order valence-corrected chi connectivity index (χ2v) is 9.99. The first-order chi connectivity index (χ1) is 15.6. The van der Waals surface area contributed by atoms with Crippen LogP contribution < -0.4 is 5.32 Å². The second-order valence-electron chi connectivity index (χ2n) is 7.94. The summed E-state index contributed by atoms with van der Waals surface area (Å²) in [6, 6.07) is 12.8. The molecule has 2 rings (SSSR count). The van der Waals surface area contributed by atoms with E-state index in [1.54, 1.807) is 31.2 Å². The number of aliphatic hydroxyl groups is 1. The largest absolute Gasteiger partial charge is 0.394 e. The highest BCUT2D eigenvalue weighted by atomic mass is 32.2. The van der Waals surface area contributed by atoms with E-state index in [9.17, 15) is 22.7 Å². The predicted octanol–water partition coefficient (Wildman–Crippen LogP) is 3.01. The minimum absolute atomic E-state index is 0.0299. The monoisotopic (exact) mass is 481 g/mol. The quantitative estimate of drug-likeness (QED) is 0.514. The summed E-state index contributed by atoms with van der Waals surface area (Å²) in [7, 11) is -0.762.